The van der Waals surface area contributed by atoms with Crippen LogP contribution in [0.25, 0.3) is 11.1 Å². The summed E-state index contributed by atoms with van der Waals surface area (Å²) in [6, 6.07) is 15.5. The molecular weight excluding hydrogens is 238 g/mol. The van der Waals surface area contributed by atoms with Gasteiger partial charge in [-0.15, -0.1) is 0 Å². The molecule has 0 fully saturated rings. The van der Waals surface area contributed by atoms with E-state index >= 15 is 0 Å². The van der Waals surface area contributed by atoms with E-state index < -0.39 is 0 Å². The predicted octanol–water partition coefficient (Wildman–Crippen LogP) is 2.70. The number of phenolic OH excluding ortho intramolecular Hbond substituents is 1. The van der Waals surface area contributed by atoms with Crippen molar-refractivity contribution in [2.24, 2.45) is 0 Å². The van der Waals surface area contributed by atoms with Crippen molar-refractivity contribution in [1.29, 1.82) is 0 Å². The zero-order chi connectivity index (χ0) is 13.1. The van der Waals surface area contributed by atoms with E-state index in [1.54, 1.807) is 23.1 Å². The molecule has 0 amide bonds. The normalized spacial score (nSPS) is 10.5. The first-order valence-electron chi connectivity index (χ1n) is 6.02. The Bertz CT molecular complexity index is 643. The average Bonchev–Trinajstić information content (AvgIpc) is 2.94. The van der Waals surface area contributed by atoms with Crippen LogP contribution < -0.4 is 0 Å². The molecule has 4 nitrogen and oxygen atoms in total. The summed E-state index contributed by atoms with van der Waals surface area (Å²) in [5, 5.41) is 13.4. The lowest BCUT2D eigenvalue weighted by Gasteiger charge is -2.05. The van der Waals surface area contributed by atoms with Crippen LogP contribution in [0.5, 0.6) is 5.75 Å². The van der Waals surface area contributed by atoms with Gasteiger partial charge in [0.25, 0.3) is 0 Å². The van der Waals surface area contributed by atoms with Crippen LogP contribution in [0.2, 0.25) is 0 Å². The minimum Gasteiger partial charge on any atom is -0.508 e. The smallest absolute Gasteiger partial charge is 0.137 e. The zero-order valence-electron chi connectivity index (χ0n) is 10.3. The van der Waals surface area contributed by atoms with Gasteiger partial charge >= 0.3 is 0 Å². The van der Waals surface area contributed by atoms with Gasteiger partial charge in [-0.05, 0) is 28.8 Å². The molecule has 0 aliphatic heterocycles. The van der Waals surface area contributed by atoms with E-state index in [1.165, 1.54) is 11.9 Å². The third kappa shape index (κ3) is 2.63. The standard InChI is InChI=1S/C15H13N3O/c19-15-7-5-14(6-8-15)13-3-1-12(2-4-13)9-18-11-16-10-17-18/h1-8,10-11,19H,9H2. The van der Waals surface area contributed by atoms with E-state index in [0.29, 0.717) is 0 Å². The Morgan fingerprint density at radius 1 is 0.895 bits per heavy atom. The van der Waals surface area contributed by atoms with E-state index in [9.17, 15) is 5.11 Å². The van der Waals surface area contributed by atoms with Crippen molar-refractivity contribution < 1.29 is 5.11 Å². The highest BCUT2D eigenvalue weighted by molar-refractivity contribution is 5.64. The van der Waals surface area contributed by atoms with E-state index in [0.717, 1.165) is 17.7 Å². The van der Waals surface area contributed by atoms with Gasteiger partial charge in [0, 0.05) is 0 Å². The molecule has 94 valence electrons. The summed E-state index contributed by atoms with van der Waals surface area (Å²) >= 11 is 0. The molecule has 1 heterocycles. The molecule has 0 bridgehead atoms. The van der Waals surface area contributed by atoms with Crippen LogP contribution >= 0.6 is 0 Å². The quantitative estimate of drug-likeness (QED) is 0.778. The minimum absolute atomic E-state index is 0.284. The first kappa shape index (κ1) is 11.5. The summed E-state index contributed by atoms with van der Waals surface area (Å²) in [4.78, 5) is 3.92. The maximum atomic E-state index is 9.28. The Balaban J connectivity index is 1.80. The molecule has 3 rings (SSSR count). The predicted molar refractivity (Wildman–Crippen MR) is 72.7 cm³/mol. The average molecular weight is 251 g/mol. The third-order valence-electron chi connectivity index (χ3n) is 2.97. The fourth-order valence-electron chi connectivity index (χ4n) is 1.96. The maximum absolute atomic E-state index is 9.28. The van der Waals surface area contributed by atoms with Crippen LogP contribution in [0.3, 0.4) is 0 Å². The van der Waals surface area contributed by atoms with Crippen molar-refractivity contribution in [2.75, 3.05) is 0 Å². The molecule has 0 unspecified atom stereocenters. The Hall–Kier alpha value is -2.62. The Kier molecular flexibility index (Phi) is 2.98. The number of benzene rings is 2. The highest BCUT2D eigenvalue weighted by Gasteiger charge is 1.99. The Morgan fingerprint density at radius 2 is 1.53 bits per heavy atom. The summed E-state index contributed by atoms with van der Waals surface area (Å²) in [6.45, 7) is 0.718. The lowest BCUT2D eigenvalue weighted by Crippen LogP contribution is -1.99. The second-order valence-corrected chi connectivity index (χ2v) is 4.34. The van der Waals surface area contributed by atoms with Crippen LogP contribution in [0.15, 0.2) is 61.2 Å². The first-order valence-corrected chi connectivity index (χ1v) is 6.02. The lowest BCUT2D eigenvalue weighted by molar-refractivity contribution is 0.475. The number of hydrogen-bond acceptors (Lipinski definition) is 3. The number of rotatable bonds is 3. The van der Waals surface area contributed by atoms with Gasteiger partial charge < -0.3 is 5.11 Å². The van der Waals surface area contributed by atoms with Gasteiger partial charge in [0.15, 0.2) is 0 Å². The summed E-state index contributed by atoms with van der Waals surface area (Å²) < 4.78 is 1.79. The SMILES string of the molecule is Oc1ccc(-c2ccc(Cn3cncn3)cc2)cc1. The summed E-state index contributed by atoms with van der Waals surface area (Å²) in [7, 11) is 0. The van der Waals surface area contributed by atoms with Crippen LogP contribution in [0, 0.1) is 0 Å². The molecular formula is C15H13N3O. The second-order valence-electron chi connectivity index (χ2n) is 4.34. The van der Waals surface area contributed by atoms with Crippen molar-refractivity contribution >= 4 is 0 Å². The van der Waals surface area contributed by atoms with Gasteiger partial charge in [0.1, 0.15) is 18.4 Å². The van der Waals surface area contributed by atoms with Crippen LogP contribution in [-0.4, -0.2) is 19.9 Å². The van der Waals surface area contributed by atoms with Crippen molar-refractivity contribution in [1.82, 2.24) is 14.8 Å². The minimum atomic E-state index is 0.284. The monoisotopic (exact) mass is 251 g/mol. The number of aromatic hydroxyl groups is 1. The highest BCUT2D eigenvalue weighted by atomic mass is 16.3. The van der Waals surface area contributed by atoms with E-state index in [2.05, 4.69) is 34.3 Å². The van der Waals surface area contributed by atoms with E-state index in [1.807, 2.05) is 12.1 Å². The van der Waals surface area contributed by atoms with Gasteiger partial charge in [-0.3, -0.25) is 0 Å². The molecule has 0 saturated heterocycles. The van der Waals surface area contributed by atoms with Gasteiger partial charge in [-0.1, -0.05) is 36.4 Å². The molecule has 3 aromatic rings. The maximum Gasteiger partial charge on any atom is 0.137 e. The van der Waals surface area contributed by atoms with Crippen molar-refractivity contribution in [3.05, 3.63) is 66.7 Å². The zero-order valence-corrected chi connectivity index (χ0v) is 10.3. The third-order valence-corrected chi connectivity index (χ3v) is 2.97. The lowest BCUT2D eigenvalue weighted by atomic mass is 10.0. The molecule has 19 heavy (non-hydrogen) atoms. The van der Waals surface area contributed by atoms with Crippen LogP contribution in [0.4, 0.5) is 0 Å². The van der Waals surface area contributed by atoms with Gasteiger partial charge in [-0.25, -0.2) is 9.67 Å². The number of aromatic nitrogens is 3. The van der Waals surface area contributed by atoms with Crippen LogP contribution in [0.1, 0.15) is 5.56 Å². The highest BCUT2D eigenvalue weighted by Crippen LogP contribution is 2.22. The van der Waals surface area contributed by atoms with Crippen molar-refractivity contribution in [3.63, 3.8) is 0 Å². The molecule has 0 saturated carbocycles. The second kappa shape index (κ2) is 4.94. The molecule has 0 radical (unpaired) electrons. The molecule has 2 aromatic carbocycles. The summed E-state index contributed by atoms with van der Waals surface area (Å²) in [5.74, 6) is 0.284. The van der Waals surface area contributed by atoms with Gasteiger partial charge in [0.2, 0.25) is 0 Å². The molecule has 0 aliphatic rings. The fraction of sp³-hybridized carbons (Fsp3) is 0.0667. The van der Waals surface area contributed by atoms with Crippen molar-refractivity contribution in [2.45, 2.75) is 6.54 Å². The fourth-order valence-corrected chi connectivity index (χ4v) is 1.96. The largest absolute Gasteiger partial charge is 0.508 e. The Labute approximate surface area is 111 Å². The van der Waals surface area contributed by atoms with Gasteiger partial charge in [-0.2, -0.15) is 5.10 Å². The number of phenols is 1. The van der Waals surface area contributed by atoms with Gasteiger partial charge in [0.05, 0.1) is 6.54 Å². The van der Waals surface area contributed by atoms with E-state index in [4.69, 9.17) is 0 Å². The number of hydrogen-bond donors (Lipinski definition) is 1. The molecule has 0 atom stereocenters. The van der Waals surface area contributed by atoms with Crippen molar-refractivity contribution in [3.8, 4) is 16.9 Å². The molecule has 0 spiro atoms. The molecule has 1 N–H and O–H groups in total. The molecule has 0 aliphatic carbocycles. The molecule has 4 heteroatoms. The Morgan fingerprint density at radius 3 is 2.11 bits per heavy atom. The summed E-state index contributed by atoms with van der Waals surface area (Å²) in [5.41, 5.74) is 3.39. The van der Waals surface area contributed by atoms with Crippen LogP contribution in [-0.2, 0) is 6.54 Å². The first-order chi connectivity index (χ1) is 9.31. The topological polar surface area (TPSA) is 50.9 Å². The molecule has 1 aromatic heterocycles. The van der Waals surface area contributed by atoms with E-state index in [-0.39, 0.29) is 5.75 Å². The summed E-state index contributed by atoms with van der Waals surface area (Å²) in [6.07, 6.45) is 3.23. The number of nitrogens with zero attached hydrogens (tertiary/aromatic N) is 3.